The van der Waals surface area contributed by atoms with E-state index in [0.29, 0.717) is 5.56 Å². The number of hydrogen-bond acceptors (Lipinski definition) is 4. The number of likely N-dealkylation sites (N-methyl/N-ethyl adjacent to an activating group) is 1. The number of rotatable bonds is 5. The minimum Gasteiger partial charge on any atom is -0.453 e. The van der Waals surface area contributed by atoms with Crippen LogP contribution in [0.3, 0.4) is 0 Å². The molecule has 6 heteroatoms. The van der Waals surface area contributed by atoms with E-state index in [1.165, 1.54) is 12.2 Å². The minimum absolute atomic E-state index is 0.116. The van der Waals surface area contributed by atoms with Crippen molar-refractivity contribution in [2.75, 3.05) is 42.9 Å². The summed E-state index contributed by atoms with van der Waals surface area (Å²) in [6.07, 6.45) is -0.401. The van der Waals surface area contributed by atoms with Crippen molar-refractivity contribution >= 4 is 23.3 Å². The molecule has 0 spiro atoms. The van der Waals surface area contributed by atoms with Crippen LogP contribution in [-0.2, 0) is 9.53 Å². The lowest BCUT2D eigenvalue weighted by Crippen LogP contribution is -3.14. The SMILES string of the molecule is CC[NH+]1CCN(c2ccc(NC(=O)C[C@H]3OC(=O)c4ccccc43)cc2C)CC1. The van der Waals surface area contributed by atoms with Gasteiger partial charge in [-0.1, -0.05) is 18.2 Å². The van der Waals surface area contributed by atoms with Gasteiger partial charge in [-0.05, 0) is 43.7 Å². The Balaban J connectivity index is 1.38. The largest absolute Gasteiger partial charge is 0.453 e. The summed E-state index contributed by atoms with van der Waals surface area (Å²) >= 11 is 0. The Kier molecular flexibility index (Phi) is 5.53. The molecule has 1 atom stereocenters. The molecular formula is C23H28N3O3+. The summed E-state index contributed by atoms with van der Waals surface area (Å²) in [7, 11) is 0. The van der Waals surface area contributed by atoms with Crippen LogP contribution in [0.15, 0.2) is 42.5 Å². The third kappa shape index (κ3) is 4.12. The number of amides is 1. The fourth-order valence-electron chi connectivity index (χ4n) is 4.26. The minimum atomic E-state index is -0.517. The highest BCUT2D eigenvalue weighted by atomic mass is 16.5. The standard InChI is InChI=1S/C23H27N3O3/c1-3-25-10-12-26(13-11-25)20-9-8-17(14-16(20)2)24-22(27)15-21-18-6-4-5-7-19(18)23(28)29-21/h4-9,14,21H,3,10-13,15H2,1-2H3,(H,24,27)/p+1/t21-/m1/s1. The van der Waals surface area contributed by atoms with Gasteiger partial charge in [-0.3, -0.25) is 4.79 Å². The van der Waals surface area contributed by atoms with Crippen molar-refractivity contribution in [3.05, 3.63) is 59.2 Å². The maximum absolute atomic E-state index is 12.5. The molecule has 2 aliphatic heterocycles. The number of carbonyl (C=O) groups excluding carboxylic acids is 2. The van der Waals surface area contributed by atoms with Gasteiger partial charge >= 0.3 is 5.97 Å². The number of nitrogens with one attached hydrogen (secondary N) is 2. The average Bonchev–Trinajstić information content (AvgIpc) is 3.04. The van der Waals surface area contributed by atoms with Crippen molar-refractivity contribution < 1.29 is 19.2 Å². The number of cyclic esters (lactones) is 1. The van der Waals surface area contributed by atoms with E-state index in [4.69, 9.17) is 4.74 Å². The number of aryl methyl sites for hydroxylation is 1. The number of quaternary nitrogens is 1. The number of esters is 1. The van der Waals surface area contributed by atoms with Gasteiger partial charge in [0, 0.05) is 16.9 Å². The molecule has 0 saturated carbocycles. The van der Waals surface area contributed by atoms with E-state index in [1.807, 2.05) is 24.3 Å². The number of benzene rings is 2. The summed E-state index contributed by atoms with van der Waals surface area (Å²) in [6, 6.07) is 13.3. The van der Waals surface area contributed by atoms with Crippen LogP contribution in [0, 0.1) is 6.92 Å². The molecule has 0 aromatic heterocycles. The number of fused-ring (bicyclic) bond motifs is 1. The van der Waals surface area contributed by atoms with E-state index in [9.17, 15) is 9.59 Å². The molecular weight excluding hydrogens is 366 g/mol. The molecule has 29 heavy (non-hydrogen) atoms. The highest BCUT2D eigenvalue weighted by Crippen LogP contribution is 2.33. The van der Waals surface area contributed by atoms with Crippen molar-refractivity contribution in [2.24, 2.45) is 0 Å². The van der Waals surface area contributed by atoms with E-state index in [-0.39, 0.29) is 18.3 Å². The maximum Gasteiger partial charge on any atom is 0.339 e. The predicted octanol–water partition coefficient (Wildman–Crippen LogP) is 1.96. The smallest absolute Gasteiger partial charge is 0.339 e. The molecule has 2 aromatic rings. The highest BCUT2D eigenvalue weighted by molar-refractivity contribution is 5.96. The van der Waals surface area contributed by atoms with E-state index in [2.05, 4.69) is 30.1 Å². The molecule has 0 aliphatic carbocycles. The lowest BCUT2D eigenvalue weighted by Gasteiger charge is -2.34. The molecule has 2 aromatic carbocycles. The molecule has 2 N–H and O–H groups in total. The second kappa shape index (κ2) is 8.25. The predicted molar refractivity (Wildman–Crippen MR) is 112 cm³/mol. The summed E-state index contributed by atoms with van der Waals surface area (Å²) in [4.78, 5) is 28.5. The number of hydrogen-bond donors (Lipinski definition) is 2. The van der Waals surface area contributed by atoms with Gasteiger partial charge in [0.15, 0.2) is 0 Å². The number of piperazine rings is 1. The summed E-state index contributed by atoms with van der Waals surface area (Å²) in [5.41, 5.74) is 4.49. The Morgan fingerprint density at radius 3 is 2.69 bits per heavy atom. The number of anilines is 2. The Morgan fingerprint density at radius 2 is 1.97 bits per heavy atom. The molecule has 2 heterocycles. The quantitative estimate of drug-likeness (QED) is 0.761. The van der Waals surface area contributed by atoms with Crippen molar-refractivity contribution in [1.82, 2.24) is 0 Å². The molecule has 152 valence electrons. The number of nitrogens with zero attached hydrogens (tertiary/aromatic N) is 1. The van der Waals surface area contributed by atoms with Crippen LogP contribution in [0.25, 0.3) is 0 Å². The molecule has 2 aliphatic rings. The zero-order valence-electron chi connectivity index (χ0n) is 17.0. The van der Waals surface area contributed by atoms with Crippen LogP contribution >= 0.6 is 0 Å². The maximum atomic E-state index is 12.5. The summed E-state index contributed by atoms with van der Waals surface area (Å²) < 4.78 is 5.37. The van der Waals surface area contributed by atoms with Gasteiger partial charge < -0.3 is 19.9 Å². The number of carbonyl (C=O) groups is 2. The number of ether oxygens (including phenoxy) is 1. The zero-order valence-corrected chi connectivity index (χ0v) is 17.0. The van der Waals surface area contributed by atoms with Crippen LogP contribution in [-0.4, -0.2) is 44.6 Å². The van der Waals surface area contributed by atoms with Crippen LogP contribution in [0.5, 0.6) is 0 Å². The molecule has 0 radical (unpaired) electrons. The normalized spacial score (nSPS) is 19.0. The van der Waals surface area contributed by atoms with Crippen LogP contribution < -0.4 is 15.1 Å². The van der Waals surface area contributed by atoms with E-state index >= 15 is 0 Å². The van der Waals surface area contributed by atoms with Gasteiger partial charge in [-0.2, -0.15) is 0 Å². The van der Waals surface area contributed by atoms with Crippen molar-refractivity contribution in [3.63, 3.8) is 0 Å². The van der Waals surface area contributed by atoms with Gasteiger partial charge in [-0.25, -0.2) is 4.79 Å². The summed E-state index contributed by atoms with van der Waals surface area (Å²) in [5, 5.41) is 2.95. The molecule has 1 fully saturated rings. The molecule has 0 bridgehead atoms. The molecule has 4 rings (SSSR count). The molecule has 1 amide bonds. The second-order valence-electron chi connectivity index (χ2n) is 7.83. The van der Waals surface area contributed by atoms with Gasteiger partial charge in [0.2, 0.25) is 5.91 Å². The van der Waals surface area contributed by atoms with Crippen LogP contribution in [0.4, 0.5) is 11.4 Å². The highest BCUT2D eigenvalue weighted by Gasteiger charge is 2.32. The lowest BCUT2D eigenvalue weighted by atomic mass is 10.0. The molecule has 6 nitrogen and oxygen atoms in total. The summed E-state index contributed by atoms with van der Waals surface area (Å²) in [5.74, 6) is -0.518. The van der Waals surface area contributed by atoms with Gasteiger partial charge in [-0.15, -0.1) is 0 Å². The lowest BCUT2D eigenvalue weighted by molar-refractivity contribution is -0.898. The average molecular weight is 394 g/mol. The Hall–Kier alpha value is -2.86. The third-order valence-corrected chi connectivity index (χ3v) is 5.94. The first kappa shape index (κ1) is 19.5. The first-order valence-corrected chi connectivity index (χ1v) is 10.3. The summed E-state index contributed by atoms with van der Waals surface area (Å²) in [6.45, 7) is 9.94. The molecule has 1 saturated heterocycles. The Morgan fingerprint density at radius 1 is 1.21 bits per heavy atom. The first-order valence-electron chi connectivity index (χ1n) is 10.3. The Bertz CT molecular complexity index is 919. The van der Waals surface area contributed by atoms with Crippen LogP contribution in [0.1, 0.15) is 40.9 Å². The van der Waals surface area contributed by atoms with E-state index in [0.717, 1.165) is 43.0 Å². The van der Waals surface area contributed by atoms with Crippen molar-refractivity contribution in [2.45, 2.75) is 26.4 Å². The van der Waals surface area contributed by atoms with Crippen LogP contribution in [0.2, 0.25) is 0 Å². The fraction of sp³-hybridized carbons (Fsp3) is 0.391. The monoisotopic (exact) mass is 394 g/mol. The first-order chi connectivity index (χ1) is 14.0. The third-order valence-electron chi connectivity index (χ3n) is 5.94. The fourth-order valence-corrected chi connectivity index (χ4v) is 4.26. The van der Waals surface area contributed by atoms with Crippen molar-refractivity contribution in [1.29, 1.82) is 0 Å². The van der Waals surface area contributed by atoms with E-state index in [1.54, 1.807) is 17.0 Å². The van der Waals surface area contributed by atoms with Gasteiger partial charge in [0.1, 0.15) is 6.10 Å². The topological polar surface area (TPSA) is 63.1 Å². The molecule has 0 unspecified atom stereocenters. The van der Waals surface area contributed by atoms with Crippen molar-refractivity contribution in [3.8, 4) is 0 Å². The van der Waals surface area contributed by atoms with Gasteiger partial charge in [0.05, 0.1) is 44.7 Å². The Labute approximate surface area is 171 Å². The van der Waals surface area contributed by atoms with E-state index < -0.39 is 6.10 Å². The zero-order chi connectivity index (χ0) is 20.4. The van der Waals surface area contributed by atoms with Gasteiger partial charge in [0.25, 0.3) is 0 Å². The second-order valence-corrected chi connectivity index (χ2v) is 7.83.